The molecule has 0 bridgehead atoms. The molecule has 1 rings (SSSR count). The summed E-state index contributed by atoms with van der Waals surface area (Å²) in [6, 6.07) is 4.25. The number of nitrogens with one attached hydrogen (secondary N) is 1. The van der Waals surface area contributed by atoms with Crippen LogP contribution in [0.25, 0.3) is 0 Å². The van der Waals surface area contributed by atoms with Gasteiger partial charge in [-0.1, -0.05) is 11.6 Å². The van der Waals surface area contributed by atoms with Gasteiger partial charge in [-0.2, -0.15) is 0 Å². The lowest BCUT2D eigenvalue weighted by Gasteiger charge is -2.21. The Morgan fingerprint density at radius 1 is 1.44 bits per heavy atom. The van der Waals surface area contributed by atoms with E-state index in [1.54, 1.807) is 0 Å². The molecule has 0 fully saturated rings. The highest BCUT2D eigenvalue weighted by Gasteiger charge is 2.07. The van der Waals surface area contributed by atoms with Crippen LogP contribution in [-0.2, 0) is 0 Å². The van der Waals surface area contributed by atoms with E-state index in [-0.39, 0.29) is 0 Å². The molecule has 0 amide bonds. The monoisotopic (exact) mass is 241 g/mol. The fourth-order valence-electron chi connectivity index (χ4n) is 1.33. The number of aryl methyl sites for hydroxylation is 1. The zero-order valence-corrected chi connectivity index (χ0v) is 11.1. The highest BCUT2D eigenvalue weighted by molar-refractivity contribution is 6.33. The fourth-order valence-corrected chi connectivity index (χ4v) is 1.50. The van der Waals surface area contributed by atoms with Crippen LogP contribution >= 0.6 is 11.6 Å². The second-order valence-corrected chi connectivity index (χ2v) is 4.79. The molecule has 0 saturated carbocycles. The topological polar surface area (TPSA) is 41.3 Å². The summed E-state index contributed by atoms with van der Waals surface area (Å²) in [7, 11) is 4.13. The summed E-state index contributed by atoms with van der Waals surface area (Å²) in [4.78, 5) is 2.17. The van der Waals surface area contributed by atoms with E-state index in [1.165, 1.54) is 0 Å². The van der Waals surface area contributed by atoms with Crippen molar-refractivity contribution in [3.05, 3.63) is 22.7 Å². The molecule has 0 aliphatic rings. The largest absolute Gasteiger partial charge is 0.398 e. The van der Waals surface area contributed by atoms with Crippen molar-refractivity contribution in [3.8, 4) is 0 Å². The Labute approximate surface area is 103 Å². The molecule has 16 heavy (non-hydrogen) atoms. The van der Waals surface area contributed by atoms with E-state index in [4.69, 9.17) is 17.3 Å². The van der Waals surface area contributed by atoms with E-state index in [9.17, 15) is 0 Å². The number of benzene rings is 1. The number of anilines is 2. The second-order valence-electron chi connectivity index (χ2n) is 4.38. The predicted molar refractivity (Wildman–Crippen MR) is 72.2 cm³/mol. The first-order valence-electron chi connectivity index (χ1n) is 5.37. The van der Waals surface area contributed by atoms with Crippen molar-refractivity contribution in [2.45, 2.75) is 19.9 Å². The van der Waals surface area contributed by atoms with Gasteiger partial charge in [-0.25, -0.2) is 0 Å². The molecule has 1 aromatic rings. The minimum Gasteiger partial charge on any atom is -0.398 e. The van der Waals surface area contributed by atoms with Gasteiger partial charge in [-0.3, -0.25) is 0 Å². The van der Waals surface area contributed by atoms with Crippen LogP contribution in [-0.4, -0.2) is 31.6 Å². The zero-order chi connectivity index (χ0) is 12.3. The highest BCUT2D eigenvalue weighted by atomic mass is 35.5. The molecular formula is C12H20ClN3. The lowest BCUT2D eigenvalue weighted by atomic mass is 10.1. The van der Waals surface area contributed by atoms with Gasteiger partial charge in [0.1, 0.15) is 0 Å². The molecule has 0 heterocycles. The lowest BCUT2D eigenvalue weighted by Crippen LogP contribution is -2.31. The maximum absolute atomic E-state index is 5.99. The fraction of sp³-hybridized carbons (Fsp3) is 0.500. The number of likely N-dealkylation sites (N-methyl/N-ethyl adjacent to an activating group) is 1. The Balaban J connectivity index is 2.71. The van der Waals surface area contributed by atoms with Crippen LogP contribution in [0, 0.1) is 6.92 Å². The summed E-state index contributed by atoms with van der Waals surface area (Å²) in [5.74, 6) is 0. The van der Waals surface area contributed by atoms with E-state index in [0.29, 0.717) is 16.8 Å². The predicted octanol–water partition coefficient (Wildman–Crippen LogP) is 2.59. The van der Waals surface area contributed by atoms with Crippen molar-refractivity contribution in [3.63, 3.8) is 0 Å². The molecule has 0 radical (unpaired) electrons. The van der Waals surface area contributed by atoms with Gasteiger partial charge in [0, 0.05) is 18.3 Å². The van der Waals surface area contributed by atoms with Gasteiger partial charge in [-0.15, -0.1) is 0 Å². The molecule has 0 aliphatic carbocycles. The van der Waals surface area contributed by atoms with Crippen molar-refractivity contribution in [2.75, 3.05) is 31.7 Å². The Morgan fingerprint density at radius 2 is 2.06 bits per heavy atom. The molecule has 0 aliphatic heterocycles. The third-order valence-electron chi connectivity index (χ3n) is 2.81. The quantitative estimate of drug-likeness (QED) is 0.797. The zero-order valence-electron chi connectivity index (χ0n) is 10.3. The Kier molecular flexibility index (Phi) is 4.44. The standard InChI is InChI=1S/C12H20ClN3/c1-8-5-11(14)10(13)6-12(8)15-7-9(2)16(3)4/h5-6,9,15H,7,14H2,1-4H3. The highest BCUT2D eigenvalue weighted by Crippen LogP contribution is 2.26. The van der Waals surface area contributed by atoms with Gasteiger partial charge in [0.15, 0.2) is 0 Å². The number of halogens is 1. The second kappa shape index (κ2) is 5.41. The van der Waals surface area contributed by atoms with Crippen LogP contribution in [0.3, 0.4) is 0 Å². The summed E-state index contributed by atoms with van der Waals surface area (Å²) < 4.78 is 0. The summed E-state index contributed by atoms with van der Waals surface area (Å²) in [6.45, 7) is 5.07. The van der Waals surface area contributed by atoms with E-state index < -0.39 is 0 Å². The number of hydrogen-bond donors (Lipinski definition) is 2. The molecule has 3 N–H and O–H groups in total. The van der Waals surface area contributed by atoms with Crippen LogP contribution in [0.5, 0.6) is 0 Å². The molecular weight excluding hydrogens is 222 g/mol. The normalized spacial score (nSPS) is 12.9. The first-order valence-corrected chi connectivity index (χ1v) is 5.75. The summed E-state index contributed by atoms with van der Waals surface area (Å²) in [6.07, 6.45) is 0. The lowest BCUT2D eigenvalue weighted by molar-refractivity contribution is 0.326. The SMILES string of the molecule is Cc1cc(N)c(Cl)cc1NCC(C)N(C)C. The maximum atomic E-state index is 5.99. The van der Waals surface area contributed by atoms with Gasteiger partial charge < -0.3 is 16.0 Å². The average Bonchev–Trinajstić information content (AvgIpc) is 2.20. The molecule has 1 aromatic carbocycles. The van der Waals surface area contributed by atoms with Crippen molar-refractivity contribution in [1.82, 2.24) is 4.90 Å². The van der Waals surface area contributed by atoms with Gasteiger partial charge in [0.05, 0.1) is 10.7 Å². The van der Waals surface area contributed by atoms with Gasteiger partial charge in [0.25, 0.3) is 0 Å². The maximum Gasteiger partial charge on any atom is 0.0656 e. The molecule has 0 aromatic heterocycles. The average molecular weight is 242 g/mol. The van der Waals surface area contributed by atoms with Crippen molar-refractivity contribution < 1.29 is 0 Å². The van der Waals surface area contributed by atoms with Gasteiger partial charge in [0.2, 0.25) is 0 Å². The molecule has 0 spiro atoms. The van der Waals surface area contributed by atoms with Crippen LogP contribution in [0.15, 0.2) is 12.1 Å². The van der Waals surface area contributed by atoms with Crippen LogP contribution in [0.1, 0.15) is 12.5 Å². The first-order chi connectivity index (χ1) is 7.41. The number of rotatable bonds is 4. The Bertz CT molecular complexity index is 364. The third kappa shape index (κ3) is 3.29. The van der Waals surface area contributed by atoms with Crippen LogP contribution in [0.2, 0.25) is 5.02 Å². The van der Waals surface area contributed by atoms with Crippen molar-refractivity contribution in [2.24, 2.45) is 0 Å². The van der Waals surface area contributed by atoms with Gasteiger partial charge in [-0.05, 0) is 45.6 Å². The smallest absolute Gasteiger partial charge is 0.0656 e. The van der Waals surface area contributed by atoms with Crippen molar-refractivity contribution >= 4 is 23.0 Å². The number of nitrogens with zero attached hydrogens (tertiary/aromatic N) is 1. The Hall–Kier alpha value is -0.930. The number of hydrogen-bond acceptors (Lipinski definition) is 3. The molecule has 90 valence electrons. The summed E-state index contributed by atoms with van der Waals surface area (Å²) in [5, 5.41) is 3.98. The summed E-state index contributed by atoms with van der Waals surface area (Å²) >= 11 is 5.99. The minimum atomic E-state index is 0.468. The molecule has 0 saturated heterocycles. The van der Waals surface area contributed by atoms with Crippen molar-refractivity contribution in [1.29, 1.82) is 0 Å². The molecule has 1 atom stereocenters. The minimum absolute atomic E-state index is 0.468. The third-order valence-corrected chi connectivity index (χ3v) is 3.14. The van der Waals surface area contributed by atoms with Crippen LogP contribution in [0.4, 0.5) is 11.4 Å². The molecule has 1 unspecified atom stereocenters. The van der Waals surface area contributed by atoms with E-state index in [2.05, 4.69) is 31.2 Å². The molecule has 4 heteroatoms. The molecule has 3 nitrogen and oxygen atoms in total. The summed E-state index contributed by atoms with van der Waals surface area (Å²) in [5.41, 5.74) is 8.52. The number of nitrogens with two attached hydrogens (primary N) is 1. The van der Waals surface area contributed by atoms with Gasteiger partial charge >= 0.3 is 0 Å². The van der Waals surface area contributed by atoms with E-state index in [1.807, 2.05) is 19.1 Å². The van der Waals surface area contributed by atoms with E-state index >= 15 is 0 Å². The Morgan fingerprint density at radius 3 is 2.62 bits per heavy atom. The van der Waals surface area contributed by atoms with Crippen LogP contribution < -0.4 is 11.1 Å². The number of nitrogen functional groups attached to an aromatic ring is 1. The van der Waals surface area contributed by atoms with E-state index in [0.717, 1.165) is 17.8 Å². The first kappa shape index (κ1) is 13.1.